The maximum Gasteiger partial charge on any atom is 0.289 e. The molecule has 0 bridgehead atoms. The average molecular weight is 376 g/mol. The number of rotatable bonds is 6. The van der Waals surface area contributed by atoms with Gasteiger partial charge in [0.1, 0.15) is 5.82 Å². The molecule has 0 unspecified atom stereocenters. The number of amides is 1. The predicted octanol–water partition coefficient (Wildman–Crippen LogP) is 2.92. The van der Waals surface area contributed by atoms with Gasteiger partial charge in [0.25, 0.3) is 5.91 Å². The third-order valence-electron chi connectivity index (χ3n) is 5.06. The van der Waals surface area contributed by atoms with E-state index in [1.54, 1.807) is 11.3 Å². The van der Waals surface area contributed by atoms with Crippen LogP contribution in [0.1, 0.15) is 41.7 Å². The summed E-state index contributed by atoms with van der Waals surface area (Å²) in [5.74, 6) is 1.72. The van der Waals surface area contributed by atoms with Crippen LogP contribution in [0.2, 0.25) is 0 Å². The summed E-state index contributed by atoms with van der Waals surface area (Å²) in [6, 6.07) is 0. The van der Waals surface area contributed by atoms with Crippen molar-refractivity contribution in [2.45, 2.75) is 33.1 Å². The fraction of sp³-hybridized carbons (Fsp3) is 0.632. The summed E-state index contributed by atoms with van der Waals surface area (Å²) in [7, 11) is 3.89. The number of carbonyl (C=O) groups is 1. The average Bonchev–Trinajstić information content (AvgIpc) is 3.00. The van der Waals surface area contributed by atoms with E-state index in [0.717, 1.165) is 35.6 Å². The van der Waals surface area contributed by atoms with E-state index in [0.29, 0.717) is 6.54 Å². The molecule has 1 aliphatic heterocycles. The number of carbonyl (C=O) groups excluding carboxylic acids is 1. The fourth-order valence-electron chi connectivity index (χ4n) is 3.39. The van der Waals surface area contributed by atoms with Crippen LogP contribution in [-0.2, 0) is 0 Å². The Bertz CT molecular complexity index is 765. The molecule has 2 aromatic heterocycles. The first-order valence-electron chi connectivity index (χ1n) is 9.39. The van der Waals surface area contributed by atoms with Crippen molar-refractivity contribution in [3.05, 3.63) is 16.1 Å². The maximum absolute atomic E-state index is 12.5. The Kier molecular flexibility index (Phi) is 6.09. The number of nitrogens with zero attached hydrogens (tertiary/aromatic N) is 4. The maximum atomic E-state index is 12.5. The Balaban J connectivity index is 1.58. The van der Waals surface area contributed by atoms with Gasteiger partial charge in [-0.25, -0.2) is 9.97 Å². The van der Waals surface area contributed by atoms with Gasteiger partial charge in [0, 0.05) is 30.9 Å². The van der Waals surface area contributed by atoms with Crippen LogP contribution in [0.3, 0.4) is 0 Å². The van der Waals surface area contributed by atoms with Crippen molar-refractivity contribution in [3.8, 4) is 0 Å². The molecule has 142 valence electrons. The van der Waals surface area contributed by atoms with E-state index < -0.39 is 0 Å². The van der Waals surface area contributed by atoms with Crippen LogP contribution in [0.4, 0.5) is 5.82 Å². The van der Waals surface area contributed by atoms with Gasteiger partial charge in [-0.2, -0.15) is 0 Å². The molecule has 0 radical (unpaired) electrons. The molecule has 6 nitrogen and oxygen atoms in total. The summed E-state index contributed by atoms with van der Waals surface area (Å²) in [4.78, 5) is 27.1. The molecule has 26 heavy (non-hydrogen) atoms. The lowest BCUT2D eigenvalue weighted by atomic mass is 9.99. The first kappa shape index (κ1) is 19.0. The Hall–Kier alpha value is -1.73. The van der Waals surface area contributed by atoms with Crippen molar-refractivity contribution < 1.29 is 4.79 Å². The standard InChI is InChI=1S/C19H29N5OS/c1-13-6-10-24(11-7-13)9-5-8-20-19(25)17-21-15-12-26-14(2)16(15)18(22-17)23(3)4/h12-13H,5-11H2,1-4H3,(H,20,25). The number of nitrogens with one attached hydrogen (secondary N) is 1. The number of aryl methyl sites for hydroxylation is 1. The summed E-state index contributed by atoms with van der Waals surface area (Å²) in [6.07, 6.45) is 3.53. The second-order valence-electron chi connectivity index (χ2n) is 7.45. The normalized spacial score (nSPS) is 16.2. The van der Waals surface area contributed by atoms with Gasteiger partial charge in [-0.3, -0.25) is 4.79 Å². The van der Waals surface area contributed by atoms with Gasteiger partial charge in [-0.1, -0.05) is 6.92 Å². The summed E-state index contributed by atoms with van der Waals surface area (Å²) in [5.41, 5.74) is 0.846. The molecule has 0 saturated carbocycles. The zero-order chi connectivity index (χ0) is 18.7. The molecule has 7 heteroatoms. The van der Waals surface area contributed by atoms with Gasteiger partial charge in [0.05, 0.1) is 10.9 Å². The molecule has 0 aromatic carbocycles. The molecule has 3 heterocycles. The third kappa shape index (κ3) is 4.32. The van der Waals surface area contributed by atoms with Gasteiger partial charge in [-0.15, -0.1) is 11.3 Å². The van der Waals surface area contributed by atoms with Crippen LogP contribution < -0.4 is 10.2 Å². The molecule has 2 aromatic rings. The van der Waals surface area contributed by atoms with E-state index in [4.69, 9.17) is 0 Å². The highest BCUT2D eigenvalue weighted by Crippen LogP contribution is 2.30. The van der Waals surface area contributed by atoms with Crippen molar-refractivity contribution >= 4 is 34.0 Å². The number of thiophene rings is 1. The minimum Gasteiger partial charge on any atom is -0.362 e. The van der Waals surface area contributed by atoms with Crippen molar-refractivity contribution in [2.75, 3.05) is 45.2 Å². The first-order valence-corrected chi connectivity index (χ1v) is 10.3. The first-order chi connectivity index (χ1) is 12.5. The summed E-state index contributed by atoms with van der Waals surface area (Å²) in [6.45, 7) is 8.44. The smallest absolute Gasteiger partial charge is 0.289 e. The van der Waals surface area contributed by atoms with Gasteiger partial charge in [0.15, 0.2) is 0 Å². The lowest BCUT2D eigenvalue weighted by Gasteiger charge is -2.30. The SMILES string of the molecule is Cc1scc2nc(C(=O)NCCCN3CCC(C)CC3)nc(N(C)C)c12. The number of fused-ring (bicyclic) bond motifs is 1. The number of piperidine rings is 1. The molecule has 0 aliphatic carbocycles. The Morgan fingerprint density at radius 3 is 2.77 bits per heavy atom. The van der Waals surface area contributed by atoms with Crippen molar-refractivity contribution in [2.24, 2.45) is 5.92 Å². The molecule has 0 spiro atoms. The monoisotopic (exact) mass is 375 g/mol. The Morgan fingerprint density at radius 2 is 2.08 bits per heavy atom. The topological polar surface area (TPSA) is 61.4 Å². The van der Waals surface area contributed by atoms with Gasteiger partial charge in [0.2, 0.25) is 5.82 Å². The minimum atomic E-state index is -0.189. The third-order valence-corrected chi connectivity index (χ3v) is 5.96. The van der Waals surface area contributed by atoms with E-state index in [9.17, 15) is 4.79 Å². The molecular weight excluding hydrogens is 346 g/mol. The quantitative estimate of drug-likeness (QED) is 0.787. The number of likely N-dealkylation sites (tertiary alicyclic amines) is 1. The molecule has 1 amide bonds. The highest BCUT2D eigenvalue weighted by atomic mass is 32.1. The van der Waals surface area contributed by atoms with Gasteiger partial charge >= 0.3 is 0 Å². The van der Waals surface area contributed by atoms with E-state index >= 15 is 0 Å². The second-order valence-corrected chi connectivity index (χ2v) is 8.53. The molecule has 3 rings (SSSR count). The summed E-state index contributed by atoms with van der Waals surface area (Å²) < 4.78 is 0. The molecule has 1 N–H and O–H groups in total. The van der Waals surface area contributed by atoms with Crippen LogP contribution in [0, 0.1) is 12.8 Å². The lowest BCUT2D eigenvalue weighted by molar-refractivity contribution is 0.0940. The van der Waals surface area contributed by atoms with E-state index in [2.05, 4.69) is 34.0 Å². The lowest BCUT2D eigenvalue weighted by Crippen LogP contribution is -2.35. The molecule has 1 aliphatic rings. The van der Waals surface area contributed by atoms with Gasteiger partial charge in [-0.05, 0) is 51.7 Å². The highest BCUT2D eigenvalue weighted by Gasteiger charge is 2.18. The fourth-order valence-corrected chi connectivity index (χ4v) is 4.16. The zero-order valence-electron chi connectivity index (χ0n) is 16.2. The predicted molar refractivity (Wildman–Crippen MR) is 108 cm³/mol. The Labute approximate surface area is 159 Å². The molecule has 1 fully saturated rings. The van der Waals surface area contributed by atoms with Crippen LogP contribution in [0.25, 0.3) is 10.9 Å². The molecular formula is C19H29N5OS. The van der Waals surface area contributed by atoms with Crippen LogP contribution >= 0.6 is 11.3 Å². The highest BCUT2D eigenvalue weighted by molar-refractivity contribution is 7.11. The van der Waals surface area contributed by atoms with E-state index in [1.165, 1.54) is 30.8 Å². The number of hydrogen-bond acceptors (Lipinski definition) is 6. The zero-order valence-corrected chi connectivity index (χ0v) is 17.0. The van der Waals surface area contributed by atoms with Crippen LogP contribution in [0.15, 0.2) is 5.38 Å². The molecule has 1 saturated heterocycles. The van der Waals surface area contributed by atoms with Crippen molar-refractivity contribution in [3.63, 3.8) is 0 Å². The van der Waals surface area contributed by atoms with E-state index in [-0.39, 0.29) is 11.7 Å². The van der Waals surface area contributed by atoms with Crippen LogP contribution in [-0.4, -0.2) is 61.0 Å². The summed E-state index contributed by atoms with van der Waals surface area (Å²) >= 11 is 1.64. The minimum absolute atomic E-state index is 0.189. The molecule has 0 atom stereocenters. The Morgan fingerprint density at radius 1 is 1.35 bits per heavy atom. The summed E-state index contributed by atoms with van der Waals surface area (Å²) in [5, 5.41) is 6.01. The number of hydrogen-bond donors (Lipinski definition) is 1. The number of aromatic nitrogens is 2. The number of anilines is 1. The van der Waals surface area contributed by atoms with Crippen LogP contribution in [0.5, 0.6) is 0 Å². The van der Waals surface area contributed by atoms with E-state index in [1.807, 2.05) is 24.4 Å². The largest absolute Gasteiger partial charge is 0.362 e. The van der Waals surface area contributed by atoms with Crippen molar-refractivity contribution in [1.29, 1.82) is 0 Å². The second kappa shape index (κ2) is 8.31. The van der Waals surface area contributed by atoms with Gasteiger partial charge < -0.3 is 15.1 Å². The van der Waals surface area contributed by atoms with Crippen molar-refractivity contribution in [1.82, 2.24) is 20.2 Å².